The first-order chi connectivity index (χ1) is 29.7. The van der Waals surface area contributed by atoms with Crippen LogP contribution in [0, 0.1) is 35.5 Å². The van der Waals surface area contributed by atoms with Gasteiger partial charge in [0.15, 0.2) is 0 Å². The Labute approximate surface area is 460 Å². The smallest absolute Gasteiger partial charge is 0.550 e. The summed E-state index contributed by atoms with van der Waals surface area (Å²) in [6, 6.07) is 0. The molecule has 2 N–H and O–H groups in total. The summed E-state index contributed by atoms with van der Waals surface area (Å²) in [6.45, 7) is 17.1. The van der Waals surface area contributed by atoms with E-state index in [9.17, 15) is 65.5 Å². The minimum atomic E-state index is -5.22. The van der Waals surface area contributed by atoms with Crippen LogP contribution in [0.25, 0.3) is 0 Å². The van der Waals surface area contributed by atoms with E-state index in [0.29, 0.717) is 62.2 Å². The molecule has 0 heterocycles. The van der Waals surface area contributed by atoms with E-state index < -0.39 is 78.3 Å². The Bertz CT molecular complexity index is 1410. The number of carboxylic acid groups (broad SMARTS) is 4. The summed E-state index contributed by atoms with van der Waals surface area (Å²) in [4.78, 5) is 47.5. The number of carbonyl (C=O) groups is 4. The Kier molecular flexibility index (Phi) is 43.9. The van der Waals surface area contributed by atoms with Gasteiger partial charge in [-0.1, -0.05) is 209 Å². The van der Waals surface area contributed by atoms with Crippen molar-refractivity contribution >= 4 is 120 Å². The fourth-order valence-corrected chi connectivity index (χ4v) is 10.9. The van der Waals surface area contributed by atoms with Gasteiger partial charge in [-0.3, -0.25) is 9.11 Å². The molecule has 0 saturated heterocycles. The molecule has 0 aromatic heterocycles. The molecular formula is C48H88Ca2O14S2. The zero-order valence-corrected chi connectivity index (χ0v) is 48.3. The van der Waals surface area contributed by atoms with Crippen LogP contribution in [-0.4, -0.2) is 135 Å². The van der Waals surface area contributed by atoms with Crippen molar-refractivity contribution in [1.29, 1.82) is 0 Å². The molecule has 0 bridgehead atoms. The quantitative estimate of drug-likeness (QED) is 0.0391. The van der Waals surface area contributed by atoms with E-state index in [1.807, 2.05) is 0 Å². The van der Waals surface area contributed by atoms with Crippen molar-refractivity contribution in [2.45, 2.75) is 245 Å². The second-order valence-electron chi connectivity index (χ2n) is 19.9. The predicted molar refractivity (Wildman–Crippen MR) is 256 cm³/mol. The van der Waals surface area contributed by atoms with E-state index in [2.05, 4.69) is 55.4 Å². The van der Waals surface area contributed by atoms with Gasteiger partial charge in [-0.2, -0.15) is 16.8 Å². The Hall–Kier alpha value is 0.219. The molecule has 0 amide bonds. The molecule has 0 aliphatic rings. The minimum Gasteiger partial charge on any atom is -0.550 e. The van der Waals surface area contributed by atoms with Crippen LogP contribution in [0.15, 0.2) is 0 Å². The number of rotatable bonds is 40. The molecule has 0 aromatic carbocycles. The van der Waals surface area contributed by atoms with Gasteiger partial charge in [0.1, 0.15) is 9.49 Å². The SMILES string of the molecule is CC(C)CCCCCCCC(C(=O)[O-])C(CCCCCCCC(C)C)(C(=O)[O-])S(=O)(=O)O.CC(C)CCCCCCCC(C(=O)[O-])C(CCCCCCCC(C)C)(C(=O)[O-])S(=O)(=O)O.[Ca+2].[Ca+2]. The van der Waals surface area contributed by atoms with Gasteiger partial charge in [0.25, 0.3) is 20.2 Å². The second kappa shape index (κ2) is 39.8. The molecule has 0 aromatic rings. The number of hydrogen-bond acceptors (Lipinski definition) is 12. The third kappa shape index (κ3) is 30.2. The van der Waals surface area contributed by atoms with Crippen LogP contribution < -0.4 is 20.4 Å². The Morgan fingerprint density at radius 1 is 0.364 bits per heavy atom. The van der Waals surface area contributed by atoms with Crippen LogP contribution in [0.5, 0.6) is 0 Å². The average Bonchev–Trinajstić information content (AvgIpc) is 3.15. The summed E-state index contributed by atoms with van der Waals surface area (Å²) >= 11 is 0. The van der Waals surface area contributed by atoms with Crippen LogP contribution in [-0.2, 0) is 39.4 Å². The molecule has 4 atom stereocenters. The molecule has 66 heavy (non-hydrogen) atoms. The van der Waals surface area contributed by atoms with E-state index in [-0.39, 0.29) is 101 Å². The number of aliphatic carboxylic acids is 4. The molecule has 0 saturated carbocycles. The topological polar surface area (TPSA) is 269 Å². The van der Waals surface area contributed by atoms with Gasteiger partial charge in [-0.25, -0.2) is 0 Å². The van der Waals surface area contributed by atoms with Crippen molar-refractivity contribution < 1.29 is 65.5 Å². The normalized spacial score (nSPS) is 14.6. The van der Waals surface area contributed by atoms with Crippen molar-refractivity contribution in [2.75, 3.05) is 0 Å². The summed E-state index contributed by atoms with van der Waals surface area (Å²) in [5.41, 5.74) is 0. The summed E-state index contributed by atoms with van der Waals surface area (Å²) < 4.78 is 62.5. The van der Waals surface area contributed by atoms with Gasteiger partial charge in [0.05, 0.1) is 11.9 Å². The summed E-state index contributed by atoms with van der Waals surface area (Å²) in [7, 11) is -10.4. The van der Waals surface area contributed by atoms with Gasteiger partial charge in [-0.15, -0.1) is 0 Å². The van der Waals surface area contributed by atoms with Gasteiger partial charge in [0.2, 0.25) is 0 Å². The third-order valence-electron chi connectivity index (χ3n) is 12.5. The Morgan fingerprint density at radius 2 is 0.545 bits per heavy atom. The first-order valence-corrected chi connectivity index (χ1v) is 27.4. The molecule has 0 aliphatic heterocycles. The van der Waals surface area contributed by atoms with Crippen molar-refractivity contribution in [3.05, 3.63) is 0 Å². The maximum atomic E-state index is 12.2. The van der Waals surface area contributed by atoms with Crippen LogP contribution >= 0.6 is 0 Å². The Morgan fingerprint density at radius 3 is 0.712 bits per heavy atom. The van der Waals surface area contributed by atoms with Crippen molar-refractivity contribution in [2.24, 2.45) is 35.5 Å². The first kappa shape index (κ1) is 72.8. The van der Waals surface area contributed by atoms with Crippen molar-refractivity contribution in [3.8, 4) is 0 Å². The molecule has 4 unspecified atom stereocenters. The number of unbranched alkanes of at least 4 members (excludes halogenated alkanes) is 16. The standard InChI is InChI=1S/2C24H46O7S.2Ca/c2*1-19(2)15-11-7-5-9-13-17-21(22(25)26)24(23(27)28,32(29,30)31)18-14-10-6-8-12-16-20(3)4;;/h2*19-21H,5-18H2,1-4H3,(H,25,26)(H,27,28)(H,29,30,31);;/q;;2*+2/p-4. The number of hydrogen-bond donors (Lipinski definition) is 2. The molecule has 0 fully saturated rings. The van der Waals surface area contributed by atoms with Gasteiger partial charge in [0, 0.05) is 23.8 Å². The second-order valence-corrected chi connectivity index (χ2v) is 23.3. The average molecular weight is 1030 g/mol. The van der Waals surface area contributed by atoms with E-state index in [4.69, 9.17) is 0 Å². The monoisotopic (exact) mass is 1030 g/mol. The third-order valence-corrected chi connectivity index (χ3v) is 15.7. The zero-order valence-electron chi connectivity index (χ0n) is 42.3. The molecule has 0 aliphatic carbocycles. The first-order valence-electron chi connectivity index (χ1n) is 24.5. The predicted octanol–water partition coefficient (Wildman–Crippen LogP) is 6.24. The molecular weight excluding hydrogens is 945 g/mol. The zero-order chi connectivity index (χ0) is 49.6. The van der Waals surface area contributed by atoms with E-state index in [0.717, 1.165) is 103 Å². The van der Waals surface area contributed by atoms with Crippen LogP contribution in [0.3, 0.4) is 0 Å². The summed E-state index contributed by atoms with van der Waals surface area (Å²) in [6.07, 6.45) is 17.8. The van der Waals surface area contributed by atoms with Crippen LogP contribution in [0.4, 0.5) is 0 Å². The van der Waals surface area contributed by atoms with Gasteiger partial charge >= 0.3 is 75.5 Å². The van der Waals surface area contributed by atoms with Crippen molar-refractivity contribution in [3.63, 3.8) is 0 Å². The maximum absolute atomic E-state index is 12.2. The molecule has 0 radical (unpaired) electrons. The fraction of sp³-hybridized carbons (Fsp3) is 0.917. The largest absolute Gasteiger partial charge is 2.00 e. The van der Waals surface area contributed by atoms with Crippen molar-refractivity contribution in [1.82, 2.24) is 0 Å². The maximum Gasteiger partial charge on any atom is 2.00 e. The molecule has 0 rings (SSSR count). The molecule has 18 heteroatoms. The van der Waals surface area contributed by atoms with E-state index >= 15 is 0 Å². The molecule has 0 spiro atoms. The summed E-state index contributed by atoms with van der Waals surface area (Å²) in [5, 5.41) is 47.5. The minimum absolute atomic E-state index is 0. The van der Waals surface area contributed by atoms with E-state index in [1.165, 1.54) is 0 Å². The van der Waals surface area contributed by atoms with Crippen LogP contribution in [0.2, 0.25) is 0 Å². The van der Waals surface area contributed by atoms with Gasteiger partial charge in [-0.05, 0) is 49.4 Å². The number of carboxylic acids is 4. The van der Waals surface area contributed by atoms with Gasteiger partial charge < -0.3 is 39.6 Å². The fourth-order valence-electron chi connectivity index (χ4n) is 8.55. The van der Waals surface area contributed by atoms with E-state index in [1.54, 1.807) is 0 Å². The molecule has 14 nitrogen and oxygen atoms in total. The number of carbonyl (C=O) groups excluding carboxylic acids is 4. The summed E-state index contributed by atoms with van der Waals surface area (Å²) in [5.74, 6) is -8.95. The molecule has 380 valence electrons. The van der Waals surface area contributed by atoms with Crippen LogP contribution in [0.1, 0.15) is 235 Å². The Balaban J connectivity index is -0.000000565.